The maximum absolute atomic E-state index is 11.7. The second kappa shape index (κ2) is 14.9. The van der Waals surface area contributed by atoms with Crippen LogP contribution in [0, 0.1) is 10.8 Å². The maximum Gasteiger partial charge on any atom is 0.225 e. The lowest BCUT2D eigenvalue weighted by Gasteiger charge is -2.17. The highest BCUT2D eigenvalue weighted by Crippen LogP contribution is 2.17. The van der Waals surface area contributed by atoms with Crippen LogP contribution in [0.4, 0.5) is 0 Å². The van der Waals surface area contributed by atoms with Crippen LogP contribution >= 0.6 is 0 Å². The van der Waals surface area contributed by atoms with Crippen molar-refractivity contribution in [1.29, 1.82) is 0 Å². The molecule has 0 saturated carbocycles. The topological polar surface area (TPSA) is 83.1 Å². The Balaban J connectivity index is 3.24. The molecule has 28 heavy (non-hydrogen) atoms. The van der Waals surface area contributed by atoms with Gasteiger partial charge in [-0.15, -0.1) is 0 Å². The Morgan fingerprint density at radius 1 is 0.643 bits per heavy atom. The Kier molecular flexibility index (Phi) is 14.4. The van der Waals surface area contributed by atoms with Crippen LogP contribution in [0.3, 0.4) is 0 Å². The van der Waals surface area contributed by atoms with Gasteiger partial charge in [-0.3, -0.25) is 9.59 Å². The molecule has 0 aromatic rings. The molecule has 0 aliphatic rings. The summed E-state index contributed by atoms with van der Waals surface area (Å²) >= 11 is 0. The van der Waals surface area contributed by atoms with Crippen LogP contribution in [0.5, 0.6) is 0 Å². The third-order valence-electron chi connectivity index (χ3n) is 3.86. The Labute approximate surface area is 170 Å². The average Bonchev–Trinajstić information content (AvgIpc) is 2.59. The summed E-state index contributed by atoms with van der Waals surface area (Å²) in [5.41, 5.74) is -0.643. The van der Waals surface area contributed by atoms with E-state index >= 15 is 0 Å². The van der Waals surface area contributed by atoms with Gasteiger partial charge in [0.1, 0.15) is 5.78 Å². The normalized spacial score (nSPS) is 12.2. The number of carbonyl (C=O) groups excluding carboxylic acids is 2. The van der Waals surface area contributed by atoms with E-state index in [2.05, 4.69) is 5.32 Å². The zero-order valence-electron chi connectivity index (χ0n) is 18.7. The van der Waals surface area contributed by atoms with Gasteiger partial charge in [-0.2, -0.15) is 0 Å². The molecule has 0 unspecified atom stereocenters. The van der Waals surface area contributed by atoms with Gasteiger partial charge in [0.25, 0.3) is 0 Å². The molecule has 0 aliphatic heterocycles. The first-order valence-electron chi connectivity index (χ1n) is 10.2. The van der Waals surface area contributed by atoms with Gasteiger partial charge < -0.3 is 24.3 Å². The highest BCUT2D eigenvalue weighted by atomic mass is 16.6. The average molecular weight is 404 g/mol. The van der Waals surface area contributed by atoms with Gasteiger partial charge in [0.05, 0.1) is 46.2 Å². The minimum atomic E-state index is -0.376. The van der Waals surface area contributed by atoms with Gasteiger partial charge >= 0.3 is 0 Å². The molecule has 1 N–H and O–H groups in total. The molecule has 0 heterocycles. The van der Waals surface area contributed by atoms with Gasteiger partial charge in [0.2, 0.25) is 5.91 Å². The zero-order chi connectivity index (χ0) is 21.5. The number of hydrogen-bond acceptors (Lipinski definition) is 6. The molecule has 0 bridgehead atoms. The molecule has 0 rings (SSSR count). The van der Waals surface area contributed by atoms with Crippen molar-refractivity contribution < 1.29 is 28.5 Å². The summed E-state index contributed by atoms with van der Waals surface area (Å²) in [5.74, 6) is 0.287. The Morgan fingerprint density at radius 3 is 1.50 bits per heavy atom. The minimum Gasteiger partial charge on any atom is -0.379 e. The molecule has 7 nitrogen and oxygen atoms in total. The number of hydrogen-bond donors (Lipinski definition) is 1. The molecule has 7 heteroatoms. The highest BCUT2D eigenvalue weighted by molar-refractivity contribution is 5.83. The third-order valence-corrected chi connectivity index (χ3v) is 3.86. The number of carbonyl (C=O) groups is 2. The van der Waals surface area contributed by atoms with Crippen LogP contribution in [0.1, 0.15) is 54.4 Å². The molecule has 0 aromatic heterocycles. The molecule has 0 spiro atoms. The fourth-order valence-corrected chi connectivity index (χ4v) is 1.97. The Bertz CT molecular complexity index is 386. The summed E-state index contributed by atoms with van der Waals surface area (Å²) in [5, 5.41) is 2.82. The van der Waals surface area contributed by atoms with Crippen molar-refractivity contribution in [3.8, 4) is 0 Å². The van der Waals surface area contributed by atoms with E-state index in [0.717, 1.165) is 6.42 Å². The monoisotopic (exact) mass is 403 g/mol. The SMILES string of the molecule is CC(C)(C)C(=O)CCCOCCOCCOCCOCCNC(=O)C(C)(C)C. The molecule has 166 valence electrons. The van der Waals surface area contributed by atoms with E-state index in [-0.39, 0.29) is 22.5 Å². The van der Waals surface area contributed by atoms with Crippen LogP contribution in [-0.4, -0.2) is 71.1 Å². The summed E-state index contributed by atoms with van der Waals surface area (Å²) in [6.45, 7) is 16.0. The van der Waals surface area contributed by atoms with E-state index in [4.69, 9.17) is 18.9 Å². The van der Waals surface area contributed by atoms with Crippen molar-refractivity contribution in [2.45, 2.75) is 54.4 Å². The van der Waals surface area contributed by atoms with Gasteiger partial charge in [-0.1, -0.05) is 41.5 Å². The summed E-state index contributed by atoms with van der Waals surface area (Å²) < 4.78 is 21.7. The summed E-state index contributed by atoms with van der Waals surface area (Å²) in [6, 6.07) is 0. The Morgan fingerprint density at radius 2 is 1.07 bits per heavy atom. The number of ketones is 1. The molecule has 0 saturated heterocycles. The van der Waals surface area contributed by atoms with E-state index in [9.17, 15) is 9.59 Å². The fourth-order valence-electron chi connectivity index (χ4n) is 1.97. The van der Waals surface area contributed by atoms with Gasteiger partial charge in [-0.25, -0.2) is 0 Å². The largest absolute Gasteiger partial charge is 0.379 e. The first-order chi connectivity index (χ1) is 13.0. The van der Waals surface area contributed by atoms with E-state index in [1.54, 1.807) is 0 Å². The fraction of sp³-hybridized carbons (Fsp3) is 0.905. The number of Topliss-reactive ketones (excluding diaryl/α,β-unsaturated/α-hetero) is 1. The molecule has 0 aromatic carbocycles. The highest BCUT2D eigenvalue weighted by Gasteiger charge is 2.20. The quantitative estimate of drug-likeness (QED) is 0.399. The lowest BCUT2D eigenvalue weighted by molar-refractivity contribution is -0.128. The predicted molar refractivity (Wildman–Crippen MR) is 109 cm³/mol. The maximum atomic E-state index is 11.7. The molecular formula is C21H41NO6. The van der Waals surface area contributed by atoms with Crippen LogP contribution < -0.4 is 5.32 Å². The van der Waals surface area contributed by atoms with E-state index in [0.29, 0.717) is 65.8 Å². The summed E-state index contributed by atoms with van der Waals surface area (Å²) in [4.78, 5) is 23.4. The molecular weight excluding hydrogens is 362 g/mol. The second-order valence-electron chi connectivity index (χ2n) is 8.73. The van der Waals surface area contributed by atoms with Crippen LogP contribution in [-0.2, 0) is 28.5 Å². The molecule has 0 atom stereocenters. The van der Waals surface area contributed by atoms with Gasteiger partial charge in [0, 0.05) is 30.4 Å². The van der Waals surface area contributed by atoms with Crippen molar-refractivity contribution in [2.75, 3.05) is 59.4 Å². The molecule has 1 amide bonds. The van der Waals surface area contributed by atoms with E-state index in [1.165, 1.54) is 0 Å². The Hall–Kier alpha value is -1.02. The standard InChI is InChI=1S/C21H41NO6/c1-20(2,3)18(23)8-7-10-25-12-14-27-16-17-28-15-13-26-11-9-22-19(24)21(4,5)6/h7-17H2,1-6H3,(H,22,24). The lowest BCUT2D eigenvalue weighted by atomic mass is 9.88. The zero-order valence-corrected chi connectivity index (χ0v) is 18.7. The number of rotatable bonds is 16. The first kappa shape index (κ1) is 27.0. The third kappa shape index (κ3) is 16.0. The molecule has 0 aliphatic carbocycles. The molecule has 0 fully saturated rings. The van der Waals surface area contributed by atoms with Crippen molar-refractivity contribution >= 4 is 11.7 Å². The number of amides is 1. The van der Waals surface area contributed by atoms with Crippen molar-refractivity contribution in [3.05, 3.63) is 0 Å². The van der Waals surface area contributed by atoms with E-state index in [1.807, 2.05) is 41.5 Å². The number of ether oxygens (including phenoxy) is 4. The van der Waals surface area contributed by atoms with Gasteiger partial charge in [-0.05, 0) is 6.42 Å². The summed E-state index contributed by atoms with van der Waals surface area (Å²) in [6.07, 6.45) is 1.31. The summed E-state index contributed by atoms with van der Waals surface area (Å²) in [7, 11) is 0. The smallest absolute Gasteiger partial charge is 0.225 e. The molecule has 0 radical (unpaired) electrons. The van der Waals surface area contributed by atoms with Crippen LogP contribution in [0.15, 0.2) is 0 Å². The van der Waals surface area contributed by atoms with Crippen LogP contribution in [0.25, 0.3) is 0 Å². The van der Waals surface area contributed by atoms with E-state index < -0.39 is 0 Å². The predicted octanol–water partition coefficient (Wildman–Crippen LogP) is 2.61. The number of nitrogens with one attached hydrogen (secondary N) is 1. The van der Waals surface area contributed by atoms with Crippen molar-refractivity contribution in [3.63, 3.8) is 0 Å². The lowest BCUT2D eigenvalue weighted by Crippen LogP contribution is -2.36. The first-order valence-corrected chi connectivity index (χ1v) is 10.2. The van der Waals surface area contributed by atoms with Crippen molar-refractivity contribution in [1.82, 2.24) is 5.32 Å². The van der Waals surface area contributed by atoms with Crippen LogP contribution in [0.2, 0.25) is 0 Å². The van der Waals surface area contributed by atoms with Gasteiger partial charge in [0.15, 0.2) is 0 Å². The van der Waals surface area contributed by atoms with Crippen molar-refractivity contribution in [2.24, 2.45) is 10.8 Å². The minimum absolute atomic E-state index is 0.0203. The second-order valence-corrected chi connectivity index (χ2v) is 8.73.